The molecule has 1 heterocycles. The summed E-state index contributed by atoms with van der Waals surface area (Å²) in [6.07, 6.45) is 0.743. The number of ether oxygens (including phenoxy) is 1. The van der Waals surface area contributed by atoms with Gasteiger partial charge in [-0.2, -0.15) is 5.10 Å². The average Bonchev–Trinajstić information content (AvgIpc) is 2.85. The van der Waals surface area contributed by atoms with Crippen LogP contribution in [0.1, 0.15) is 39.8 Å². The van der Waals surface area contributed by atoms with Crippen molar-refractivity contribution in [2.45, 2.75) is 19.8 Å². The zero-order valence-corrected chi connectivity index (χ0v) is 10.9. The summed E-state index contributed by atoms with van der Waals surface area (Å²) in [5.74, 6) is -0.233. The highest BCUT2D eigenvalue weighted by molar-refractivity contribution is 5.89. The Bertz CT molecular complexity index is 691. The van der Waals surface area contributed by atoms with E-state index >= 15 is 0 Å². The molecule has 1 aromatic heterocycles. The molecule has 3 rings (SSSR count). The molecule has 0 amide bonds. The molecular weight excluding hydrogens is 260 g/mol. The molecule has 1 aromatic carbocycles. The lowest BCUT2D eigenvalue weighted by atomic mass is 9.87. The normalized spacial score (nSPS) is 12.7. The minimum atomic E-state index is -0.479. The van der Waals surface area contributed by atoms with Gasteiger partial charge in [-0.15, -0.1) is 0 Å². The van der Waals surface area contributed by atoms with Gasteiger partial charge in [0.2, 0.25) is 0 Å². The second kappa shape index (κ2) is 4.56. The van der Waals surface area contributed by atoms with Crippen molar-refractivity contribution in [1.82, 2.24) is 10.2 Å². The van der Waals surface area contributed by atoms with Crippen molar-refractivity contribution in [2.75, 3.05) is 6.61 Å². The maximum atomic E-state index is 11.8. The van der Waals surface area contributed by atoms with Gasteiger partial charge in [0.05, 0.1) is 6.61 Å². The Morgan fingerprint density at radius 2 is 1.90 bits per heavy atom. The van der Waals surface area contributed by atoms with Crippen LogP contribution < -0.4 is 0 Å². The van der Waals surface area contributed by atoms with Crippen molar-refractivity contribution in [3.63, 3.8) is 0 Å². The van der Waals surface area contributed by atoms with Crippen LogP contribution in [0.5, 0.6) is 11.5 Å². The van der Waals surface area contributed by atoms with E-state index in [1.54, 1.807) is 6.92 Å². The van der Waals surface area contributed by atoms with Crippen molar-refractivity contribution in [3.05, 3.63) is 40.2 Å². The Labute approximate surface area is 115 Å². The van der Waals surface area contributed by atoms with Gasteiger partial charge in [0, 0.05) is 35.2 Å². The van der Waals surface area contributed by atoms with E-state index in [9.17, 15) is 15.0 Å². The molecule has 0 atom stereocenters. The van der Waals surface area contributed by atoms with E-state index in [1.165, 1.54) is 12.1 Å². The molecule has 0 saturated heterocycles. The van der Waals surface area contributed by atoms with Crippen LogP contribution in [0.4, 0.5) is 0 Å². The van der Waals surface area contributed by atoms with Crippen molar-refractivity contribution >= 4 is 5.97 Å². The van der Waals surface area contributed by atoms with E-state index in [2.05, 4.69) is 10.2 Å². The van der Waals surface area contributed by atoms with Gasteiger partial charge in [-0.05, 0) is 19.1 Å². The van der Waals surface area contributed by atoms with Gasteiger partial charge in [-0.3, -0.25) is 5.10 Å². The fourth-order valence-corrected chi connectivity index (χ4v) is 2.52. The molecule has 6 nitrogen and oxygen atoms in total. The number of benzene rings is 1. The first-order chi connectivity index (χ1) is 9.61. The molecule has 0 unspecified atom stereocenters. The first-order valence-electron chi connectivity index (χ1n) is 6.37. The molecule has 0 bridgehead atoms. The summed E-state index contributed by atoms with van der Waals surface area (Å²) in [6, 6.07) is 2.91. The summed E-state index contributed by atoms with van der Waals surface area (Å²) < 4.78 is 4.96. The van der Waals surface area contributed by atoms with Crippen LogP contribution >= 0.6 is 0 Å². The molecule has 0 spiro atoms. The maximum absolute atomic E-state index is 11.8. The van der Waals surface area contributed by atoms with Crippen molar-refractivity contribution in [2.24, 2.45) is 0 Å². The number of esters is 1. The van der Waals surface area contributed by atoms with E-state index in [-0.39, 0.29) is 23.8 Å². The van der Waals surface area contributed by atoms with Gasteiger partial charge in [0.1, 0.15) is 11.5 Å². The predicted octanol–water partition coefficient (Wildman–Crippen LogP) is 1.49. The monoisotopic (exact) mass is 274 g/mol. The molecule has 1 aliphatic rings. The van der Waals surface area contributed by atoms with Crippen LogP contribution in [0.15, 0.2) is 12.1 Å². The molecule has 6 heteroatoms. The largest absolute Gasteiger partial charge is 0.508 e. The number of aromatic amines is 1. The first-order valence-corrected chi connectivity index (χ1v) is 6.37. The third-order valence-corrected chi connectivity index (χ3v) is 3.51. The first kappa shape index (κ1) is 12.5. The number of hydrogen-bond donors (Lipinski definition) is 3. The summed E-state index contributed by atoms with van der Waals surface area (Å²) in [5.41, 5.74) is 3.02. The minimum absolute atomic E-state index is 0.111. The Hall–Kier alpha value is -2.50. The number of rotatable bonds is 2. The second-order valence-corrected chi connectivity index (χ2v) is 4.66. The summed E-state index contributed by atoms with van der Waals surface area (Å²) in [5, 5.41) is 26.6. The Balaban J connectivity index is 2.04. The zero-order chi connectivity index (χ0) is 14.3. The van der Waals surface area contributed by atoms with Crippen LogP contribution in [-0.2, 0) is 17.6 Å². The minimum Gasteiger partial charge on any atom is -0.508 e. The zero-order valence-electron chi connectivity index (χ0n) is 10.9. The molecule has 0 aliphatic heterocycles. The molecule has 1 aliphatic carbocycles. The summed E-state index contributed by atoms with van der Waals surface area (Å²) in [6.45, 7) is 2.01. The van der Waals surface area contributed by atoms with Gasteiger partial charge >= 0.3 is 5.97 Å². The van der Waals surface area contributed by atoms with Crippen molar-refractivity contribution < 1.29 is 19.7 Å². The number of nitrogens with one attached hydrogen (secondary N) is 1. The molecular formula is C14H14N2O4. The molecule has 2 aromatic rings. The third-order valence-electron chi connectivity index (χ3n) is 3.51. The van der Waals surface area contributed by atoms with E-state index in [0.717, 1.165) is 11.3 Å². The highest BCUT2D eigenvalue weighted by Gasteiger charge is 2.28. The number of aromatic hydroxyl groups is 2. The van der Waals surface area contributed by atoms with Crippen LogP contribution in [0, 0.1) is 0 Å². The number of phenols is 2. The lowest BCUT2D eigenvalue weighted by Gasteiger charge is -2.18. The van der Waals surface area contributed by atoms with Crippen LogP contribution in [0.2, 0.25) is 0 Å². The number of fused-ring (bicyclic) bond motifs is 2. The third kappa shape index (κ3) is 1.80. The SMILES string of the molecule is CCOC(=O)c1n[nH]c2c1Cc1c(O)ccc(O)c1C2. The number of nitrogens with zero attached hydrogens (tertiary/aromatic N) is 1. The Morgan fingerprint density at radius 1 is 1.25 bits per heavy atom. The van der Waals surface area contributed by atoms with Crippen molar-refractivity contribution in [1.29, 1.82) is 0 Å². The van der Waals surface area contributed by atoms with Gasteiger partial charge < -0.3 is 14.9 Å². The number of H-pyrrole nitrogens is 1. The fraction of sp³-hybridized carbons (Fsp3) is 0.286. The highest BCUT2D eigenvalue weighted by atomic mass is 16.5. The van der Waals surface area contributed by atoms with Gasteiger partial charge in [-0.25, -0.2) is 4.79 Å². The summed E-state index contributed by atoms with van der Waals surface area (Å²) in [7, 11) is 0. The summed E-state index contributed by atoms with van der Waals surface area (Å²) >= 11 is 0. The lowest BCUT2D eigenvalue weighted by Crippen LogP contribution is -2.12. The molecule has 0 fully saturated rings. The summed E-state index contributed by atoms with van der Waals surface area (Å²) in [4.78, 5) is 11.8. The van der Waals surface area contributed by atoms with E-state index in [0.29, 0.717) is 24.0 Å². The van der Waals surface area contributed by atoms with Crippen LogP contribution in [0.3, 0.4) is 0 Å². The molecule has 0 saturated carbocycles. The fourth-order valence-electron chi connectivity index (χ4n) is 2.52. The van der Waals surface area contributed by atoms with Gasteiger partial charge in [0.25, 0.3) is 0 Å². The molecule has 104 valence electrons. The smallest absolute Gasteiger partial charge is 0.359 e. The average molecular weight is 274 g/mol. The highest BCUT2D eigenvalue weighted by Crippen LogP contribution is 2.37. The van der Waals surface area contributed by atoms with E-state index in [1.807, 2.05) is 0 Å². The number of carbonyl (C=O) groups excluding carboxylic acids is 1. The number of hydrogen-bond acceptors (Lipinski definition) is 5. The lowest BCUT2D eigenvalue weighted by molar-refractivity contribution is 0.0518. The maximum Gasteiger partial charge on any atom is 0.359 e. The quantitative estimate of drug-likeness (QED) is 0.486. The number of phenolic OH excluding ortho intramolecular Hbond substituents is 2. The van der Waals surface area contributed by atoms with Crippen molar-refractivity contribution in [3.8, 4) is 11.5 Å². The van der Waals surface area contributed by atoms with E-state index < -0.39 is 5.97 Å². The number of aromatic nitrogens is 2. The number of carbonyl (C=O) groups is 1. The Morgan fingerprint density at radius 3 is 2.55 bits per heavy atom. The second-order valence-electron chi connectivity index (χ2n) is 4.66. The topological polar surface area (TPSA) is 95.4 Å². The van der Waals surface area contributed by atoms with Crippen LogP contribution in [-0.4, -0.2) is 33.0 Å². The van der Waals surface area contributed by atoms with Crippen LogP contribution in [0.25, 0.3) is 0 Å². The standard InChI is InChI=1S/C14H14N2O4/c1-2-20-14(19)13-9-5-7-8(6-10(9)15-16-13)12(18)4-3-11(7)17/h3-4,17-18H,2,5-6H2,1H3,(H,15,16). The molecule has 3 N–H and O–H groups in total. The van der Waals surface area contributed by atoms with E-state index in [4.69, 9.17) is 4.74 Å². The predicted molar refractivity (Wildman–Crippen MR) is 69.9 cm³/mol. The molecule has 0 radical (unpaired) electrons. The Kier molecular flexibility index (Phi) is 2.85. The molecule has 20 heavy (non-hydrogen) atoms. The van der Waals surface area contributed by atoms with Gasteiger partial charge in [0.15, 0.2) is 5.69 Å². The van der Waals surface area contributed by atoms with Gasteiger partial charge in [-0.1, -0.05) is 0 Å².